The lowest BCUT2D eigenvalue weighted by molar-refractivity contribution is -0.527. The highest BCUT2D eigenvalue weighted by Gasteiger charge is 2.49. The quantitative estimate of drug-likeness (QED) is 0.483. The van der Waals surface area contributed by atoms with Gasteiger partial charge in [0.2, 0.25) is 6.04 Å². The first-order chi connectivity index (χ1) is 8.85. The highest BCUT2D eigenvalue weighted by Crippen LogP contribution is 2.38. The zero-order chi connectivity index (χ0) is 14.2. The van der Waals surface area contributed by atoms with E-state index in [2.05, 4.69) is 6.58 Å². The van der Waals surface area contributed by atoms with Gasteiger partial charge in [-0.25, -0.2) is 8.42 Å². The largest absolute Gasteiger partial charge is 0.264 e. The highest BCUT2D eigenvalue weighted by molar-refractivity contribution is 7.92. The van der Waals surface area contributed by atoms with Gasteiger partial charge in [-0.2, -0.15) is 0 Å². The molecule has 1 aliphatic rings. The van der Waals surface area contributed by atoms with E-state index in [0.717, 1.165) is 0 Å². The summed E-state index contributed by atoms with van der Waals surface area (Å²) >= 11 is 0. The average molecular weight is 281 g/mol. The molecule has 0 radical (unpaired) electrons. The van der Waals surface area contributed by atoms with Crippen molar-refractivity contribution in [2.45, 2.75) is 29.5 Å². The van der Waals surface area contributed by atoms with Crippen molar-refractivity contribution in [3.05, 3.63) is 52.6 Å². The molecule has 0 amide bonds. The van der Waals surface area contributed by atoms with Gasteiger partial charge in [0.15, 0.2) is 9.84 Å². The minimum absolute atomic E-state index is 0.130. The van der Waals surface area contributed by atoms with Crippen LogP contribution < -0.4 is 0 Å². The van der Waals surface area contributed by atoms with Crippen molar-refractivity contribution in [2.24, 2.45) is 5.92 Å². The van der Waals surface area contributed by atoms with Crippen LogP contribution >= 0.6 is 0 Å². The molecule has 102 valence electrons. The summed E-state index contributed by atoms with van der Waals surface area (Å²) in [6, 6.07) is 7.16. The average Bonchev–Trinajstić information content (AvgIpc) is 2.66. The van der Waals surface area contributed by atoms with Crippen LogP contribution in [0.1, 0.15) is 13.3 Å². The smallest absolute Gasteiger partial charge is 0.220 e. The minimum Gasteiger partial charge on any atom is -0.264 e. The fourth-order valence-electron chi connectivity index (χ4n) is 2.67. The number of benzene rings is 1. The van der Waals surface area contributed by atoms with Crippen LogP contribution in [0.5, 0.6) is 0 Å². The summed E-state index contributed by atoms with van der Waals surface area (Å²) in [5.74, 6) is -0.562. The van der Waals surface area contributed by atoms with E-state index in [9.17, 15) is 18.5 Å². The van der Waals surface area contributed by atoms with E-state index >= 15 is 0 Å². The van der Waals surface area contributed by atoms with E-state index in [-0.39, 0.29) is 11.3 Å². The van der Waals surface area contributed by atoms with Gasteiger partial charge in [-0.1, -0.05) is 37.3 Å². The summed E-state index contributed by atoms with van der Waals surface area (Å²) in [6.45, 7) is 5.33. The number of nitrogens with zero attached hydrogens (tertiary/aromatic N) is 1. The van der Waals surface area contributed by atoms with Crippen molar-refractivity contribution in [3.63, 3.8) is 0 Å². The molecule has 1 aromatic carbocycles. The van der Waals surface area contributed by atoms with Crippen molar-refractivity contribution in [2.75, 3.05) is 0 Å². The molecule has 0 aliphatic heterocycles. The molecular weight excluding hydrogens is 266 g/mol. The second-order valence-corrected chi connectivity index (χ2v) is 6.92. The summed E-state index contributed by atoms with van der Waals surface area (Å²) < 4.78 is 25.1. The summed E-state index contributed by atoms with van der Waals surface area (Å²) in [7, 11) is -3.61. The second kappa shape index (κ2) is 4.77. The summed E-state index contributed by atoms with van der Waals surface area (Å²) in [5.41, 5.74) is 0.429. The molecular formula is C13H15NO4S. The van der Waals surface area contributed by atoms with E-state index in [4.69, 9.17) is 0 Å². The summed E-state index contributed by atoms with van der Waals surface area (Å²) in [4.78, 5) is 10.7. The summed E-state index contributed by atoms with van der Waals surface area (Å²) in [6.07, 6.45) is 0.130. The van der Waals surface area contributed by atoms with Gasteiger partial charge in [-0.05, 0) is 12.1 Å². The predicted octanol–water partition coefficient (Wildman–Crippen LogP) is 2.07. The second-order valence-electron chi connectivity index (χ2n) is 4.85. The Balaban J connectivity index is 2.42. The van der Waals surface area contributed by atoms with Gasteiger partial charge >= 0.3 is 0 Å². The predicted molar refractivity (Wildman–Crippen MR) is 71.1 cm³/mol. The van der Waals surface area contributed by atoms with Crippen LogP contribution in [0.3, 0.4) is 0 Å². The maximum absolute atomic E-state index is 12.5. The lowest BCUT2D eigenvalue weighted by atomic mass is 10.1. The molecule has 0 aromatic heterocycles. The van der Waals surface area contributed by atoms with E-state index in [0.29, 0.717) is 5.57 Å². The van der Waals surface area contributed by atoms with Gasteiger partial charge in [0, 0.05) is 17.3 Å². The zero-order valence-corrected chi connectivity index (χ0v) is 11.3. The Morgan fingerprint density at radius 1 is 1.32 bits per heavy atom. The molecule has 0 bridgehead atoms. The lowest BCUT2D eigenvalue weighted by Crippen LogP contribution is -2.32. The van der Waals surface area contributed by atoms with Gasteiger partial charge in [-0.3, -0.25) is 10.1 Å². The molecule has 5 nitrogen and oxygen atoms in total. The van der Waals surface area contributed by atoms with E-state index in [1.165, 1.54) is 12.1 Å². The maximum Gasteiger partial charge on any atom is 0.220 e. The van der Waals surface area contributed by atoms with Crippen LogP contribution in [-0.4, -0.2) is 24.6 Å². The third-order valence-electron chi connectivity index (χ3n) is 3.63. The van der Waals surface area contributed by atoms with Crippen LogP contribution in [0, 0.1) is 16.0 Å². The van der Waals surface area contributed by atoms with Gasteiger partial charge in [0.1, 0.15) is 0 Å². The molecule has 0 heterocycles. The SMILES string of the molecule is C=C1C[C@@H]([N+](=O)[O-])[C@H](C)[C@H]1S(=O)(=O)c1ccccc1. The highest BCUT2D eigenvalue weighted by atomic mass is 32.2. The van der Waals surface area contributed by atoms with Crippen LogP contribution in [-0.2, 0) is 9.84 Å². The van der Waals surface area contributed by atoms with Gasteiger partial charge in [0.25, 0.3) is 0 Å². The Hall–Kier alpha value is -1.69. The maximum atomic E-state index is 12.5. The van der Waals surface area contributed by atoms with Gasteiger partial charge in [0.05, 0.1) is 10.1 Å². The number of nitro groups is 1. The molecule has 1 fully saturated rings. The Morgan fingerprint density at radius 3 is 2.37 bits per heavy atom. The zero-order valence-electron chi connectivity index (χ0n) is 10.5. The van der Waals surface area contributed by atoms with Gasteiger partial charge < -0.3 is 0 Å². The number of rotatable bonds is 3. The fraction of sp³-hybridized carbons (Fsp3) is 0.385. The van der Waals surface area contributed by atoms with Crippen LogP contribution in [0.15, 0.2) is 47.4 Å². The van der Waals surface area contributed by atoms with E-state index in [1.807, 2.05) is 0 Å². The third-order valence-corrected chi connectivity index (χ3v) is 6.00. The molecule has 2 rings (SSSR count). The Bertz CT molecular complexity index is 609. The topological polar surface area (TPSA) is 77.3 Å². The molecule has 1 aromatic rings. The molecule has 0 unspecified atom stereocenters. The van der Waals surface area contributed by atoms with E-state index in [1.54, 1.807) is 25.1 Å². The molecule has 3 atom stereocenters. The first-order valence-electron chi connectivity index (χ1n) is 5.96. The number of sulfone groups is 1. The Labute approximate surface area is 112 Å². The van der Waals surface area contributed by atoms with Crippen molar-refractivity contribution in [3.8, 4) is 0 Å². The standard InChI is InChI=1S/C13H15NO4S/c1-9-8-12(14(15)16)10(2)13(9)19(17,18)11-6-4-3-5-7-11/h3-7,10,12-13H,1,8H2,2H3/t10-,12+,13-/m0/s1. The number of hydrogen-bond donors (Lipinski definition) is 0. The van der Waals surface area contributed by atoms with Crippen molar-refractivity contribution in [1.82, 2.24) is 0 Å². The Kier molecular flexibility index (Phi) is 3.45. The van der Waals surface area contributed by atoms with Crippen molar-refractivity contribution in [1.29, 1.82) is 0 Å². The molecule has 1 saturated carbocycles. The molecule has 1 aliphatic carbocycles. The van der Waals surface area contributed by atoms with Gasteiger partial charge in [-0.15, -0.1) is 0 Å². The first-order valence-corrected chi connectivity index (χ1v) is 7.50. The lowest BCUT2D eigenvalue weighted by Gasteiger charge is -2.17. The van der Waals surface area contributed by atoms with Crippen molar-refractivity contribution < 1.29 is 13.3 Å². The van der Waals surface area contributed by atoms with E-state index < -0.39 is 32.0 Å². The number of hydrogen-bond acceptors (Lipinski definition) is 4. The molecule has 0 saturated heterocycles. The molecule has 0 N–H and O–H groups in total. The molecule has 6 heteroatoms. The third kappa shape index (κ3) is 2.28. The fourth-order valence-corrected chi connectivity index (χ4v) is 4.78. The minimum atomic E-state index is -3.61. The van der Waals surface area contributed by atoms with Crippen LogP contribution in [0.2, 0.25) is 0 Å². The van der Waals surface area contributed by atoms with Crippen molar-refractivity contribution >= 4 is 9.84 Å². The normalized spacial score (nSPS) is 27.4. The van der Waals surface area contributed by atoms with Crippen LogP contribution in [0.4, 0.5) is 0 Å². The summed E-state index contributed by atoms with van der Waals surface area (Å²) in [5, 5.41) is 10.1. The van der Waals surface area contributed by atoms with Crippen LogP contribution in [0.25, 0.3) is 0 Å². The molecule has 19 heavy (non-hydrogen) atoms. The molecule has 0 spiro atoms. The monoisotopic (exact) mass is 281 g/mol. The first kappa shape index (κ1) is 13.7. The Morgan fingerprint density at radius 2 is 1.89 bits per heavy atom.